The summed E-state index contributed by atoms with van der Waals surface area (Å²) in [6.07, 6.45) is 17.9. The van der Waals surface area contributed by atoms with Crippen molar-refractivity contribution in [3.05, 3.63) is 114 Å². The molecule has 0 radical (unpaired) electrons. The smallest absolute Gasteiger partial charge is 0.271 e. The summed E-state index contributed by atoms with van der Waals surface area (Å²) in [6, 6.07) is 0. The van der Waals surface area contributed by atoms with E-state index in [1.807, 2.05) is 25.3 Å². The average Bonchev–Trinajstić information content (AvgIpc) is 3.09. The first-order valence-electron chi connectivity index (χ1n) is 12.4. The summed E-state index contributed by atoms with van der Waals surface area (Å²) < 4.78 is 39.1. The van der Waals surface area contributed by atoms with Crippen LogP contribution in [0.2, 0.25) is 0 Å². The van der Waals surface area contributed by atoms with Crippen LogP contribution in [0.4, 0.5) is 13.2 Å². The Labute approximate surface area is 222 Å². The molecule has 8 heteroatoms. The number of rotatable bonds is 8. The molecule has 0 unspecified atom stereocenters. The molecule has 5 nitrogen and oxygen atoms in total. The molecule has 1 aromatic heterocycles. The van der Waals surface area contributed by atoms with Crippen LogP contribution in [0.25, 0.3) is 6.08 Å². The topological polar surface area (TPSA) is 56.4 Å². The third kappa shape index (κ3) is 8.80. The molecular formula is C30H34F3N3O2. The molecule has 0 atom stereocenters. The van der Waals surface area contributed by atoms with Crippen LogP contribution < -0.4 is 0 Å². The van der Waals surface area contributed by atoms with Gasteiger partial charge in [-0.05, 0) is 12.5 Å². The second-order valence-electron chi connectivity index (χ2n) is 8.75. The van der Waals surface area contributed by atoms with Gasteiger partial charge in [-0.15, -0.1) is 0 Å². The number of ketones is 1. The van der Waals surface area contributed by atoms with Crippen molar-refractivity contribution >= 4 is 17.8 Å². The van der Waals surface area contributed by atoms with Crippen molar-refractivity contribution in [1.82, 2.24) is 14.8 Å². The van der Waals surface area contributed by atoms with E-state index in [2.05, 4.69) is 42.5 Å². The fraction of sp³-hybridized carbons (Fsp3) is 0.267. The molecule has 0 aromatic carbocycles. The quantitative estimate of drug-likeness (QED) is 0.170. The van der Waals surface area contributed by atoms with Gasteiger partial charge in [0, 0.05) is 67.9 Å². The molecule has 0 aliphatic carbocycles. The van der Waals surface area contributed by atoms with Crippen molar-refractivity contribution in [2.75, 3.05) is 26.7 Å². The number of halogens is 3. The molecule has 3 heterocycles. The lowest BCUT2D eigenvalue weighted by atomic mass is 10.1. The van der Waals surface area contributed by atoms with E-state index in [0.717, 1.165) is 17.8 Å². The molecule has 1 amide bonds. The number of allylic oxidation sites excluding steroid dienone is 9. The minimum Gasteiger partial charge on any atom is -0.371 e. The maximum atomic E-state index is 13.9. The Morgan fingerprint density at radius 2 is 1.84 bits per heavy atom. The minimum atomic E-state index is -1.18. The molecular weight excluding hydrogens is 491 g/mol. The SMILES string of the molecule is C=C(C/C=C1/C=CC=CCN1C)CN1CC=Cc2c(C(=O)/C=C(F)/C=C(F)\C=C\F)c[nH]c2C1=O.CCC. The Morgan fingerprint density at radius 3 is 2.55 bits per heavy atom. The van der Waals surface area contributed by atoms with Gasteiger partial charge in [-0.1, -0.05) is 68.9 Å². The number of aromatic amines is 1. The van der Waals surface area contributed by atoms with E-state index in [9.17, 15) is 22.8 Å². The van der Waals surface area contributed by atoms with Gasteiger partial charge in [0.25, 0.3) is 5.91 Å². The molecule has 1 N–H and O–H groups in total. The number of hydrogen-bond donors (Lipinski definition) is 1. The monoisotopic (exact) mass is 525 g/mol. The van der Waals surface area contributed by atoms with E-state index < -0.39 is 17.4 Å². The van der Waals surface area contributed by atoms with Gasteiger partial charge in [0.15, 0.2) is 5.78 Å². The van der Waals surface area contributed by atoms with Gasteiger partial charge >= 0.3 is 0 Å². The lowest BCUT2D eigenvalue weighted by Gasteiger charge is -2.21. The second kappa shape index (κ2) is 15.2. The van der Waals surface area contributed by atoms with Crippen molar-refractivity contribution in [1.29, 1.82) is 0 Å². The molecule has 0 fully saturated rings. The van der Waals surface area contributed by atoms with Gasteiger partial charge in [0.2, 0.25) is 0 Å². The number of nitrogens with zero attached hydrogens (tertiary/aromatic N) is 2. The molecule has 1 aromatic rings. The molecule has 0 spiro atoms. The summed E-state index contributed by atoms with van der Waals surface area (Å²) >= 11 is 0. The number of likely N-dealkylation sites (N-methyl/N-ethyl adjacent to an activating group) is 1. The highest BCUT2D eigenvalue weighted by molar-refractivity contribution is 6.10. The number of H-pyrrole nitrogens is 1. The van der Waals surface area contributed by atoms with Crippen LogP contribution >= 0.6 is 0 Å². The first kappa shape index (κ1) is 30.2. The zero-order valence-corrected chi connectivity index (χ0v) is 22.0. The van der Waals surface area contributed by atoms with Crippen LogP contribution in [-0.4, -0.2) is 53.2 Å². The lowest BCUT2D eigenvalue weighted by Crippen LogP contribution is -2.32. The maximum Gasteiger partial charge on any atom is 0.271 e. The summed E-state index contributed by atoms with van der Waals surface area (Å²) in [5.74, 6) is -3.44. The Balaban J connectivity index is 0.00000161. The van der Waals surface area contributed by atoms with Crippen LogP contribution in [-0.2, 0) is 0 Å². The summed E-state index contributed by atoms with van der Waals surface area (Å²) in [7, 11) is 2.00. The number of amides is 1. The Bertz CT molecular complexity index is 1230. The molecule has 2 aliphatic heterocycles. The average molecular weight is 526 g/mol. The first-order valence-corrected chi connectivity index (χ1v) is 12.4. The van der Waals surface area contributed by atoms with E-state index in [0.29, 0.717) is 43.3 Å². The van der Waals surface area contributed by atoms with E-state index in [1.54, 1.807) is 17.1 Å². The van der Waals surface area contributed by atoms with Crippen molar-refractivity contribution in [2.24, 2.45) is 0 Å². The van der Waals surface area contributed by atoms with Gasteiger partial charge in [0.1, 0.15) is 17.3 Å². The van der Waals surface area contributed by atoms with Crippen LogP contribution in [0.3, 0.4) is 0 Å². The molecule has 0 bridgehead atoms. The number of fused-ring (bicyclic) bond motifs is 1. The van der Waals surface area contributed by atoms with Crippen molar-refractivity contribution in [3.8, 4) is 0 Å². The summed E-state index contributed by atoms with van der Waals surface area (Å²) in [6.45, 7) is 9.79. The Kier molecular flexibility index (Phi) is 12.1. The number of aromatic nitrogens is 1. The highest BCUT2D eigenvalue weighted by Crippen LogP contribution is 2.23. The highest BCUT2D eigenvalue weighted by atomic mass is 19.1. The molecule has 0 saturated carbocycles. The fourth-order valence-corrected chi connectivity index (χ4v) is 3.64. The highest BCUT2D eigenvalue weighted by Gasteiger charge is 2.25. The second-order valence-corrected chi connectivity index (χ2v) is 8.75. The van der Waals surface area contributed by atoms with E-state index in [-0.39, 0.29) is 23.5 Å². The van der Waals surface area contributed by atoms with Crippen molar-refractivity contribution in [3.63, 3.8) is 0 Å². The third-order valence-corrected chi connectivity index (χ3v) is 5.41. The zero-order chi connectivity index (χ0) is 28.1. The summed E-state index contributed by atoms with van der Waals surface area (Å²) in [5, 5.41) is 0. The normalized spacial score (nSPS) is 16.9. The van der Waals surface area contributed by atoms with Gasteiger partial charge < -0.3 is 14.8 Å². The number of carbonyl (C=O) groups is 2. The predicted octanol–water partition coefficient (Wildman–Crippen LogP) is 7.16. The minimum absolute atomic E-state index is 0.0665. The largest absolute Gasteiger partial charge is 0.371 e. The number of carbonyl (C=O) groups excluding carboxylic acids is 2. The first-order chi connectivity index (χ1) is 18.2. The van der Waals surface area contributed by atoms with E-state index >= 15 is 0 Å². The van der Waals surface area contributed by atoms with Gasteiger partial charge in [-0.2, -0.15) is 0 Å². The lowest BCUT2D eigenvalue weighted by molar-refractivity contribution is 0.0783. The van der Waals surface area contributed by atoms with Crippen LogP contribution in [0.15, 0.2) is 96.7 Å². The molecule has 202 valence electrons. The van der Waals surface area contributed by atoms with E-state index in [1.165, 1.54) is 12.6 Å². The number of nitrogens with one attached hydrogen (secondary N) is 1. The Hall–Kier alpha value is -4.07. The van der Waals surface area contributed by atoms with Gasteiger partial charge in [-0.3, -0.25) is 9.59 Å². The van der Waals surface area contributed by atoms with E-state index in [4.69, 9.17) is 0 Å². The molecule has 0 saturated heterocycles. The van der Waals surface area contributed by atoms with Gasteiger partial charge in [0.05, 0.1) is 6.33 Å². The maximum absolute atomic E-state index is 13.9. The number of hydrogen-bond acceptors (Lipinski definition) is 3. The standard InChI is InChI=1S/C27H26F3N3O2.C3H8/c1-19(9-10-22-7-4-3-5-13-32(22)2)18-33-14-6-8-23-24(17-31-26(23)27(33)35)25(34)16-21(30)15-20(29)11-12-28;1-3-2/h3-8,10-12,15-17,31H,1,9,13-14,18H2,2H3;3H2,1-2H3/b12-11+,20-15+,21-16-,22-10-;. The molecule has 3 rings (SSSR count). The van der Waals surface area contributed by atoms with Crippen molar-refractivity contribution in [2.45, 2.75) is 26.7 Å². The molecule has 38 heavy (non-hydrogen) atoms. The molecule has 2 aliphatic rings. The zero-order valence-electron chi connectivity index (χ0n) is 22.0. The predicted molar refractivity (Wildman–Crippen MR) is 147 cm³/mol. The van der Waals surface area contributed by atoms with Crippen molar-refractivity contribution < 1.29 is 22.8 Å². The third-order valence-electron chi connectivity index (χ3n) is 5.41. The fourth-order valence-electron chi connectivity index (χ4n) is 3.64. The summed E-state index contributed by atoms with van der Waals surface area (Å²) in [5.41, 5.74) is 2.48. The Morgan fingerprint density at radius 1 is 1.11 bits per heavy atom. The van der Waals surface area contributed by atoms with Crippen LogP contribution in [0.1, 0.15) is 53.1 Å². The summed E-state index contributed by atoms with van der Waals surface area (Å²) in [4.78, 5) is 32.1. The van der Waals surface area contributed by atoms with Crippen LogP contribution in [0.5, 0.6) is 0 Å². The van der Waals surface area contributed by atoms with Crippen LogP contribution in [0, 0.1) is 0 Å². The van der Waals surface area contributed by atoms with Gasteiger partial charge in [-0.25, -0.2) is 13.2 Å².